The van der Waals surface area contributed by atoms with E-state index in [1.165, 1.54) is 12.8 Å². The number of ether oxygens (including phenoxy) is 1. The van der Waals surface area contributed by atoms with Crippen molar-refractivity contribution >= 4 is 11.9 Å². The Morgan fingerprint density at radius 2 is 2.29 bits per heavy atom. The highest BCUT2D eigenvalue weighted by Crippen LogP contribution is 2.26. The van der Waals surface area contributed by atoms with Gasteiger partial charge in [0.1, 0.15) is 0 Å². The zero-order chi connectivity index (χ0) is 9.97. The van der Waals surface area contributed by atoms with Gasteiger partial charge in [-0.25, -0.2) is 4.31 Å². The fourth-order valence-electron chi connectivity index (χ4n) is 1.95. The van der Waals surface area contributed by atoms with Crippen LogP contribution in [0, 0.1) is 0 Å². The minimum absolute atomic E-state index is 0.418. The van der Waals surface area contributed by atoms with Crippen molar-refractivity contribution in [3.63, 3.8) is 0 Å². The van der Waals surface area contributed by atoms with Crippen LogP contribution in [0.2, 0.25) is 0 Å². The Labute approximate surface area is 90.9 Å². The summed E-state index contributed by atoms with van der Waals surface area (Å²) in [7, 11) is 2.22. The van der Waals surface area contributed by atoms with Gasteiger partial charge in [0.05, 0.1) is 12.7 Å². The molecule has 2 rings (SSSR count). The molecular formula is C10H20N2OS. The molecule has 0 aromatic carbocycles. The van der Waals surface area contributed by atoms with E-state index in [-0.39, 0.29) is 0 Å². The normalized spacial score (nSPS) is 29.8. The van der Waals surface area contributed by atoms with Crippen LogP contribution in [-0.2, 0) is 4.74 Å². The maximum atomic E-state index is 5.76. The van der Waals surface area contributed by atoms with Gasteiger partial charge in [0.25, 0.3) is 0 Å². The van der Waals surface area contributed by atoms with E-state index in [4.69, 9.17) is 4.74 Å². The summed E-state index contributed by atoms with van der Waals surface area (Å²) in [6.07, 6.45) is 5.33. The Morgan fingerprint density at radius 3 is 2.93 bits per heavy atom. The van der Waals surface area contributed by atoms with Crippen molar-refractivity contribution < 1.29 is 4.74 Å². The topological polar surface area (TPSA) is 15.7 Å². The van der Waals surface area contributed by atoms with E-state index in [0.29, 0.717) is 6.10 Å². The monoisotopic (exact) mass is 216 g/mol. The molecular weight excluding hydrogens is 196 g/mol. The zero-order valence-corrected chi connectivity index (χ0v) is 9.92. The fourth-order valence-corrected chi connectivity index (χ4v) is 2.53. The minimum atomic E-state index is 0.418. The molecule has 0 radical (unpaired) electrons. The van der Waals surface area contributed by atoms with Gasteiger partial charge in [0.15, 0.2) is 0 Å². The number of hydrogen-bond acceptors (Lipinski definition) is 4. The second-order valence-electron chi connectivity index (χ2n) is 4.23. The SMILES string of the molecule is CSN1CCOC(CN(C)C2CC2)C1. The van der Waals surface area contributed by atoms with Crippen LogP contribution in [0.1, 0.15) is 12.8 Å². The van der Waals surface area contributed by atoms with Crippen LogP contribution in [0.25, 0.3) is 0 Å². The molecule has 0 aromatic heterocycles. The lowest BCUT2D eigenvalue weighted by atomic mass is 10.3. The fraction of sp³-hybridized carbons (Fsp3) is 1.00. The van der Waals surface area contributed by atoms with Crippen LogP contribution in [0.4, 0.5) is 0 Å². The summed E-state index contributed by atoms with van der Waals surface area (Å²) in [6, 6.07) is 0.850. The second kappa shape index (κ2) is 4.84. The van der Waals surface area contributed by atoms with Crippen molar-refractivity contribution in [2.24, 2.45) is 0 Å². The molecule has 2 fully saturated rings. The molecule has 4 heteroatoms. The van der Waals surface area contributed by atoms with Gasteiger partial charge in [-0.1, -0.05) is 11.9 Å². The van der Waals surface area contributed by atoms with E-state index in [1.807, 2.05) is 11.9 Å². The molecule has 1 saturated heterocycles. The van der Waals surface area contributed by atoms with Crippen LogP contribution in [0.3, 0.4) is 0 Å². The molecule has 2 aliphatic rings. The Bertz CT molecular complexity index is 187. The molecule has 1 aliphatic carbocycles. The highest BCUT2D eigenvalue weighted by atomic mass is 32.2. The van der Waals surface area contributed by atoms with Crippen LogP contribution < -0.4 is 0 Å². The van der Waals surface area contributed by atoms with Crippen LogP contribution >= 0.6 is 11.9 Å². The van der Waals surface area contributed by atoms with Crippen LogP contribution in [0.15, 0.2) is 0 Å². The summed E-state index contributed by atoms with van der Waals surface area (Å²) in [5, 5.41) is 0. The van der Waals surface area contributed by atoms with E-state index >= 15 is 0 Å². The van der Waals surface area contributed by atoms with Crippen molar-refractivity contribution in [2.75, 3.05) is 39.5 Å². The quantitative estimate of drug-likeness (QED) is 0.653. The maximum absolute atomic E-state index is 5.76. The number of likely N-dealkylation sites (N-methyl/N-ethyl adjacent to an activating group) is 1. The predicted molar refractivity (Wildman–Crippen MR) is 60.5 cm³/mol. The molecule has 0 amide bonds. The highest BCUT2D eigenvalue weighted by molar-refractivity contribution is 7.96. The van der Waals surface area contributed by atoms with E-state index in [9.17, 15) is 0 Å². The van der Waals surface area contributed by atoms with Crippen LogP contribution in [0.5, 0.6) is 0 Å². The van der Waals surface area contributed by atoms with Crippen molar-refractivity contribution in [3.8, 4) is 0 Å². The van der Waals surface area contributed by atoms with Gasteiger partial charge in [-0.05, 0) is 26.1 Å². The minimum Gasteiger partial charge on any atom is -0.374 e. The summed E-state index contributed by atoms with van der Waals surface area (Å²) in [6.45, 7) is 4.15. The molecule has 0 aromatic rings. The third-order valence-electron chi connectivity index (χ3n) is 3.02. The lowest BCUT2D eigenvalue weighted by molar-refractivity contribution is -0.0146. The van der Waals surface area contributed by atoms with E-state index in [2.05, 4.69) is 22.5 Å². The van der Waals surface area contributed by atoms with Gasteiger partial charge < -0.3 is 9.64 Å². The summed E-state index contributed by atoms with van der Waals surface area (Å²) in [5.41, 5.74) is 0. The smallest absolute Gasteiger partial charge is 0.0838 e. The lowest BCUT2D eigenvalue weighted by Gasteiger charge is -2.33. The molecule has 1 saturated carbocycles. The van der Waals surface area contributed by atoms with Gasteiger partial charge in [0.2, 0.25) is 0 Å². The largest absolute Gasteiger partial charge is 0.374 e. The summed E-state index contributed by atoms with van der Waals surface area (Å²) in [5.74, 6) is 0. The predicted octanol–water partition coefficient (Wildman–Crippen LogP) is 1.06. The van der Waals surface area contributed by atoms with Gasteiger partial charge >= 0.3 is 0 Å². The van der Waals surface area contributed by atoms with Gasteiger partial charge in [0, 0.05) is 25.7 Å². The van der Waals surface area contributed by atoms with Gasteiger partial charge in [-0.3, -0.25) is 0 Å². The summed E-state index contributed by atoms with van der Waals surface area (Å²) in [4.78, 5) is 2.45. The Morgan fingerprint density at radius 1 is 1.50 bits per heavy atom. The Kier molecular flexibility index (Phi) is 3.71. The first-order valence-corrected chi connectivity index (χ1v) is 6.58. The molecule has 1 unspecified atom stereocenters. The van der Waals surface area contributed by atoms with E-state index in [1.54, 1.807) is 0 Å². The van der Waals surface area contributed by atoms with Crippen molar-refractivity contribution in [3.05, 3.63) is 0 Å². The first kappa shape index (κ1) is 10.7. The number of rotatable bonds is 4. The molecule has 14 heavy (non-hydrogen) atoms. The first-order chi connectivity index (χ1) is 6.79. The molecule has 0 bridgehead atoms. The number of nitrogens with zero attached hydrogens (tertiary/aromatic N) is 2. The van der Waals surface area contributed by atoms with Crippen molar-refractivity contribution in [1.82, 2.24) is 9.21 Å². The zero-order valence-electron chi connectivity index (χ0n) is 9.11. The highest BCUT2D eigenvalue weighted by Gasteiger charge is 2.29. The first-order valence-electron chi connectivity index (χ1n) is 5.40. The molecule has 1 heterocycles. The van der Waals surface area contributed by atoms with E-state index in [0.717, 1.165) is 32.3 Å². The van der Waals surface area contributed by atoms with Crippen molar-refractivity contribution in [2.45, 2.75) is 25.0 Å². The molecule has 0 spiro atoms. The van der Waals surface area contributed by atoms with Crippen LogP contribution in [-0.4, -0.2) is 60.9 Å². The van der Waals surface area contributed by atoms with Crippen molar-refractivity contribution in [1.29, 1.82) is 0 Å². The van der Waals surface area contributed by atoms with Gasteiger partial charge in [-0.2, -0.15) is 0 Å². The Hall–Kier alpha value is 0.230. The Balaban J connectivity index is 1.73. The number of hydrogen-bond donors (Lipinski definition) is 0. The summed E-state index contributed by atoms with van der Waals surface area (Å²) < 4.78 is 8.16. The molecule has 0 N–H and O–H groups in total. The molecule has 1 atom stereocenters. The van der Waals surface area contributed by atoms with E-state index < -0.39 is 0 Å². The third kappa shape index (κ3) is 2.86. The standard InChI is InChI=1S/C10H20N2OS/c1-11(9-3-4-9)7-10-8-12(14-2)5-6-13-10/h9-10H,3-8H2,1-2H3. The number of morpholine rings is 1. The van der Waals surface area contributed by atoms with Gasteiger partial charge in [-0.15, -0.1) is 0 Å². The second-order valence-corrected chi connectivity index (χ2v) is 5.12. The summed E-state index contributed by atoms with van der Waals surface area (Å²) >= 11 is 1.84. The molecule has 1 aliphatic heterocycles. The third-order valence-corrected chi connectivity index (χ3v) is 3.87. The average molecular weight is 216 g/mol. The lowest BCUT2D eigenvalue weighted by Crippen LogP contribution is -2.44. The maximum Gasteiger partial charge on any atom is 0.0838 e. The average Bonchev–Trinajstić information content (AvgIpc) is 3.01. The molecule has 3 nitrogen and oxygen atoms in total. The molecule has 82 valence electrons.